The molecule has 0 amide bonds. The smallest absolute Gasteiger partial charge is 0.165 e. The molecule has 0 radical (unpaired) electrons. The lowest BCUT2D eigenvalue weighted by Crippen LogP contribution is -2.54. The average molecular weight is 433 g/mol. The molecule has 1 spiro atoms. The Labute approximate surface area is 187 Å². The minimum atomic E-state index is -0.369. The summed E-state index contributed by atoms with van der Waals surface area (Å²) in [6, 6.07) is 9.17. The molecule has 0 bridgehead atoms. The first-order chi connectivity index (χ1) is 15.5. The molecule has 1 aromatic carbocycles. The van der Waals surface area contributed by atoms with E-state index in [1.807, 2.05) is 25.1 Å². The van der Waals surface area contributed by atoms with Gasteiger partial charge in [0.1, 0.15) is 17.4 Å². The second kappa shape index (κ2) is 8.35. The van der Waals surface area contributed by atoms with Crippen LogP contribution < -0.4 is 9.80 Å². The number of aliphatic hydroxyl groups excluding tert-OH is 1. The Balaban J connectivity index is 1.34. The average Bonchev–Trinajstić information content (AvgIpc) is 2.79. The molecule has 2 aromatic heterocycles. The lowest BCUT2D eigenvalue weighted by molar-refractivity contribution is 0.0594. The van der Waals surface area contributed by atoms with Crippen LogP contribution in [0.25, 0.3) is 11.4 Å². The van der Waals surface area contributed by atoms with Crippen molar-refractivity contribution in [2.24, 2.45) is 5.41 Å². The number of aryl methyl sites for hydroxylation is 1. The van der Waals surface area contributed by atoms with Gasteiger partial charge in [0.2, 0.25) is 0 Å². The molecule has 2 aliphatic rings. The molecule has 8 heteroatoms. The van der Waals surface area contributed by atoms with E-state index in [1.54, 1.807) is 30.7 Å². The van der Waals surface area contributed by atoms with Crippen LogP contribution in [0.1, 0.15) is 25.0 Å². The molecule has 2 N–H and O–H groups in total. The van der Waals surface area contributed by atoms with Crippen molar-refractivity contribution in [3.05, 3.63) is 54.6 Å². The van der Waals surface area contributed by atoms with Crippen molar-refractivity contribution in [3.8, 4) is 17.1 Å². The second-order valence-electron chi connectivity index (χ2n) is 9.00. The predicted octanol–water partition coefficient (Wildman–Crippen LogP) is 2.81. The zero-order chi connectivity index (χ0) is 22.1. The molecule has 2 aliphatic heterocycles. The van der Waals surface area contributed by atoms with Crippen molar-refractivity contribution >= 4 is 11.6 Å². The standard InChI is InChI=1S/C24H28N6O2/c1-17-12-21(28-23(27-17)19-4-2-3-5-20(19)32)29-10-6-24(7-11-29)13-18(31)15-30(16-24)22-14-25-8-9-26-22/h2-5,8-9,12,14,18,31-32H,6-7,10-11,13,15-16H2,1H3. The Hall–Kier alpha value is -3.26. The van der Waals surface area contributed by atoms with Crippen molar-refractivity contribution in [2.45, 2.75) is 32.3 Å². The number of aromatic nitrogens is 4. The molecule has 2 fully saturated rings. The lowest BCUT2D eigenvalue weighted by Gasteiger charge is -2.49. The van der Waals surface area contributed by atoms with Gasteiger partial charge in [0.05, 0.1) is 17.9 Å². The highest BCUT2D eigenvalue weighted by atomic mass is 16.3. The van der Waals surface area contributed by atoms with E-state index >= 15 is 0 Å². The molecular formula is C24H28N6O2. The fourth-order valence-electron chi connectivity index (χ4n) is 5.05. The summed E-state index contributed by atoms with van der Waals surface area (Å²) >= 11 is 0. The van der Waals surface area contributed by atoms with Crippen LogP contribution in [0.3, 0.4) is 0 Å². The van der Waals surface area contributed by atoms with Crippen molar-refractivity contribution in [1.82, 2.24) is 19.9 Å². The maximum absolute atomic E-state index is 10.6. The van der Waals surface area contributed by atoms with Gasteiger partial charge in [0.15, 0.2) is 5.82 Å². The highest BCUT2D eigenvalue weighted by Crippen LogP contribution is 2.41. The third-order valence-corrected chi connectivity index (χ3v) is 6.63. The number of phenols is 1. The lowest BCUT2D eigenvalue weighted by atomic mass is 9.71. The number of phenolic OH excluding ortho intramolecular Hbond substituents is 1. The normalized spacial score (nSPS) is 20.5. The van der Waals surface area contributed by atoms with Crippen molar-refractivity contribution in [2.75, 3.05) is 36.0 Å². The van der Waals surface area contributed by atoms with Crippen LogP contribution >= 0.6 is 0 Å². The quantitative estimate of drug-likeness (QED) is 0.652. The maximum Gasteiger partial charge on any atom is 0.165 e. The van der Waals surface area contributed by atoms with E-state index in [0.29, 0.717) is 17.9 Å². The van der Waals surface area contributed by atoms with Gasteiger partial charge in [-0.25, -0.2) is 15.0 Å². The topological polar surface area (TPSA) is 98.5 Å². The molecule has 1 atom stereocenters. The summed E-state index contributed by atoms with van der Waals surface area (Å²) in [7, 11) is 0. The number of aromatic hydroxyl groups is 1. The van der Waals surface area contributed by atoms with Crippen LogP contribution in [0.5, 0.6) is 5.75 Å². The summed E-state index contributed by atoms with van der Waals surface area (Å²) in [4.78, 5) is 22.4. The third-order valence-electron chi connectivity index (χ3n) is 6.63. The van der Waals surface area contributed by atoms with Crippen LogP contribution in [0.15, 0.2) is 48.9 Å². The number of nitrogens with zero attached hydrogens (tertiary/aromatic N) is 6. The summed E-state index contributed by atoms with van der Waals surface area (Å²) in [5.74, 6) is 2.43. The highest BCUT2D eigenvalue weighted by molar-refractivity contribution is 5.65. The number of anilines is 2. The van der Waals surface area contributed by atoms with E-state index in [0.717, 1.165) is 56.2 Å². The molecule has 0 aliphatic carbocycles. The molecule has 2 saturated heterocycles. The van der Waals surface area contributed by atoms with Crippen molar-refractivity contribution < 1.29 is 10.2 Å². The van der Waals surface area contributed by atoms with Gasteiger partial charge >= 0.3 is 0 Å². The van der Waals surface area contributed by atoms with Gasteiger partial charge in [-0.2, -0.15) is 0 Å². The summed E-state index contributed by atoms with van der Waals surface area (Å²) in [5, 5.41) is 20.9. The first kappa shape index (κ1) is 20.6. The van der Waals surface area contributed by atoms with Crippen LogP contribution in [0.2, 0.25) is 0 Å². The van der Waals surface area contributed by atoms with Gasteiger partial charge in [-0.3, -0.25) is 4.98 Å². The molecule has 1 unspecified atom stereocenters. The molecule has 32 heavy (non-hydrogen) atoms. The summed E-state index contributed by atoms with van der Waals surface area (Å²) in [6.45, 7) is 5.15. The number of benzene rings is 1. The Kier molecular flexibility index (Phi) is 5.38. The van der Waals surface area contributed by atoms with Crippen LogP contribution in [0, 0.1) is 12.3 Å². The number of hydrogen-bond donors (Lipinski definition) is 2. The molecular weight excluding hydrogens is 404 g/mol. The fourth-order valence-corrected chi connectivity index (χ4v) is 5.05. The predicted molar refractivity (Wildman–Crippen MR) is 123 cm³/mol. The Morgan fingerprint density at radius 2 is 1.84 bits per heavy atom. The number of aliphatic hydroxyl groups is 1. The Morgan fingerprint density at radius 1 is 1.03 bits per heavy atom. The summed E-state index contributed by atoms with van der Waals surface area (Å²) in [6.07, 6.45) is 7.52. The number of para-hydroxylation sites is 1. The van der Waals surface area contributed by atoms with Crippen LogP contribution in [0.4, 0.5) is 11.6 Å². The van der Waals surface area contributed by atoms with E-state index in [2.05, 4.69) is 24.8 Å². The van der Waals surface area contributed by atoms with E-state index < -0.39 is 0 Å². The van der Waals surface area contributed by atoms with Gasteiger partial charge in [-0.1, -0.05) is 12.1 Å². The summed E-state index contributed by atoms with van der Waals surface area (Å²) < 4.78 is 0. The fraction of sp³-hybridized carbons (Fsp3) is 0.417. The van der Waals surface area contributed by atoms with Crippen LogP contribution in [-0.2, 0) is 0 Å². The maximum atomic E-state index is 10.6. The van der Waals surface area contributed by atoms with Gasteiger partial charge in [-0.05, 0) is 43.7 Å². The highest BCUT2D eigenvalue weighted by Gasteiger charge is 2.42. The molecule has 3 aromatic rings. The third kappa shape index (κ3) is 4.10. The van der Waals surface area contributed by atoms with Gasteiger partial charge in [-0.15, -0.1) is 0 Å². The molecule has 166 valence electrons. The zero-order valence-electron chi connectivity index (χ0n) is 18.2. The molecule has 4 heterocycles. The summed E-state index contributed by atoms with van der Waals surface area (Å²) in [5.41, 5.74) is 1.56. The SMILES string of the molecule is Cc1cc(N2CCC3(CC2)CC(O)CN(c2cnccn2)C3)nc(-c2ccccc2O)n1. The van der Waals surface area contributed by atoms with E-state index in [1.165, 1.54) is 0 Å². The monoisotopic (exact) mass is 432 g/mol. The van der Waals surface area contributed by atoms with Gasteiger partial charge in [0, 0.05) is 50.3 Å². The van der Waals surface area contributed by atoms with Crippen LogP contribution in [-0.4, -0.2) is 62.4 Å². The Bertz CT molecular complexity index is 1080. The van der Waals surface area contributed by atoms with Gasteiger partial charge < -0.3 is 20.0 Å². The molecule has 8 nitrogen and oxygen atoms in total. The number of rotatable bonds is 3. The van der Waals surface area contributed by atoms with Crippen molar-refractivity contribution in [3.63, 3.8) is 0 Å². The number of β-amino-alcohol motifs (C(OH)–C–C–N with tert-alkyl or cyclic N) is 1. The minimum Gasteiger partial charge on any atom is -0.507 e. The minimum absolute atomic E-state index is 0.0499. The second-order valence-corrected chi connectivity index (χ2v) is 9.00. The first-order valence-electron chi connectivity index (χ1n) is 11.1. The number of piperidine rings is 2. The van der Waals surface area contributed by atoms with E-state index in [-0.39, 0.29) is 17.3 Å². The number of hydrogen-bond acceptors (Lipinski definition) is 8. The van der Waals surface area contributed by atoms with E-state index in [4.69, 9.17) is 4.98 Å². The first-order valence-corrected chi connectivity index (χ1v) is 11.1. The van der Waals surface area contributed by atoms with Gasteiger partial charge in [0.25, 0.3) is 0 Å². The van der Waals surface area contributed by atoms with Crippen molar-refractivity contribution in [1.29, 1.82) is 0 Å². The van der Waals surface area contributed by atoms with E-state index in [9.17, 15) is 10.2 Å². The zero-order valence-corrected chi connectivity index (χ0v) is 18.2. The molecule has 5 rings (SSSR count). The Morgan fingerprint density at radius 3 is 2.59 bits per heavy atom. The molecule has 0 saturated carbocycles. The largest absolute Gasteiger partial charge is 0.507 e.